The van der Waals surface area contributed by atoms with E-state index in [9.17, 15) is 19.2 Å². The van der Waals surface area contributed by atoms with Gasteiger partial charge in [-0.05, 0) is 74.8 Å². The number of amides is 1. The van der Waals surface area contributed by atoms with E-state index < -0.39 is 40.8 Å². The molecule has 1 aliphatic heterocycles. The number of fused-ring (bicyclic) bond motifs is 2. The van der Waals surface area contributed by atoms with Gasteiger partial charge in [-0.25, -0.2) is 16.5 Å². The zero-order valence-electron chi connectivity index (χ0n) is 34.4. The van der Waals surface area contributed by atoms with Crippen molar-refractivity contribution in [3.63, 3.8) is 0 Å². The summed E-state index contributed by atoms with van der Waals surface area (Å²) in [7, 11) is 1.30. The van der Waals surface area contributed by atoms with Gasteiger partial charge in [-0.1, -0.05) is 38.4 Å². The smallest absolute Gasteiger partial charge is 0.357 e. The first-order valence-corrected chi connectivity index (χ1v) is 21.5. The number of carbonyl (C=O) groups is 4. The molecule has 15 heteroatoms. The van der Waals surface area contributed by atoms with Crippen LogP contribution in [0.15, 0.2) is 36.2 Å². The molecule has 314 valence electrons. The van der Waals surface area contributed by atoms with Crippen molar-refractivity contribution in [2.75, 3.05) is 25.7 Å². The number of ketones is 1. The summed E-state index contributed by atoms with van der Waals surface area (Å²) >= 11 is 8.31. The first-order chi connectivity index (χ1) is 28.0. The number of allylic oxidation sites excluding steroid dienone is 1. The number of nitrogens with zero attached hydrogens (tertiary/aromatic N) is 4. The molecule has 13 nitrogen and oxygen atoms in total. The Morgan fingerprint density at radius 1 is 1.10 bits per heavy atom. The first kappa shape index (κ1) is 42.4. The highest BCUT2D eigenvalue weighted by Gasteiger charge is 2.61. The molecule has 4 fully saturated rings. The number of halogens is 1. The van der Waals surface area contributed by atoms with Crippen molar-refractivity contribution < 1.29 is 38.1 Å². The Labute approximate surface area is 354 Å². The van der Waals surface area contributed by atoms with Crippen molar-refractivity contribution in [3.05, 3.63) is 52.7 Å². The molecule has 0 radical (unpaired) electrons. The zero-order chi connectivity index (χ0) is 42.4. The van der Waals surface area contributed by atoms with Crippen LogP contribution >= 0.6 is 22.9 Å². The number of pyridine rings is 1. The number of hydrogen-bond acceptors (Lipinski definition) is 12. The molecule has 3 aromatic rings. The number of thiazole rings is 1. The quantitative estimate of drug-likeness (QED) is 0.0845. The van der Waals surface area contributed by atoms with Gasteiger partial charge in [0, 0.05) is 35.7 Å². The molecule has 1 aromatic carbocycles. The molecule has 8 atom stereocenters. The van der Waals surface area contributed by atoms with Crippen molar-refractivity contribution in [2.24, 2.45) is 34.5 Å². The van der Waals surface area contributed by atoms with Crippen molar-refractivity contribution in [1.82, 2.24) is 14.9 Å². The third-order valence-electron chi connectivity index (χ3n) is 12.2. The molecular formula is C44H52ClN5O8S. The largest absolute Gasteiger partial charge is 0.488 e. The lowest BCUT2D eigenvalue weighted by Gasteiger charge is -2.35. The van der Waals surface area contributed by atoms with Crippen LogP contribution in [0.4, 0.5) is 5.13 Å². The van der Waals surface area contributed by atoms with E-state index in [1.54, 1.807) is 24.3 Å². The Morgan fingerprint density at radius 2 is 1.85 bits per heavy atom. The van der Waals surface area contributed by atoms with E-state index in [0.717, 1.165) is 12.8 Å². The molecule has 7 rings (SSSR count). The maximum absolute atomic E-state index is 14.9. The number of esters is 2. The number of nitrogens with one attached hydrogen (secondary N) is 1. The summed E-state index contributed by atoms with van der Waals surface area (Å²) in [6, 6.07) is 4.37. The van der Waals surface area contributed by atoms with Crippen molar-refractivity contribution in [2.45, 2.75) is 104 Å². The summed E-state index contributed by atoms with van der Waals surface area (Å²) in [5.74, 6) is -0.639. The van der Waals surface area contributed by atoms with Crippen LogP contribution in [0.1, 0.15) is 79.6 Å². The lowest BCUT2D eigenvalue weighted by molar-refractivity contribution is -0.157. The Bertz CT molecular complexity index is 2190. The number of aromatic nitrogens is 2. The van der Waals surface area contributed by atoms with Crippen molar-refractivity contribution in [1.29, 1.82) is 0 Å². The average molecular weight is 846 g/mol. The number of ether oxygens (including phenoxy) is 4. The normalized spacial score (nSPS) is 26.1. The Balaban J connectivity index is 1.22. The molecule has 3 heterocycles. The molecule has 1 unspecified atom stereocenters. The molecular weight excluding hydrogens is 794 g/mol. The van der Waals surface area contributed by atoms with Crippen LogP contribution < -0.4 is 14.8 Å². The van der Waals surface area contributed by atoms with Crippen LogP contribution in [0.2, 0.25) is 5.02 Å². The lowest BCUT2D eigenvalue weighted by Crippen LogP contribution is -2.48. The van der Waals surface area contributed by atoms with Crippen LogP contribution in [0.25, 0.3) is 27.1 Å². The van der Waals surface area contributed by atoms with Crippen molar-refractivity contribution >= 4 is 62.6 Å². The summed E-state index contributed by atoms with van der Waals surface area (Å²) in [5.41, 5.74) is -0.295. The van der Waals surface area contributed by atoms with Gasteiger partial charge in [0.2, 0.25) is 5.91 Å². The maximum atomic E-state index is 14.9. The monoisotopic (exact) mass is 845 g/mol. The molecule has 0 bridgehead atoms. The van der Waals surface area contributed by atoms with Gasteiger partial charge in [-0.15, -0.1) is 17.9 Å². The Morgan fingerprint density at radius 3 is 2.49 bits per heavy atom. The predicted octanol–water partition coefficient (Wildman–Crippen LogP) is 8.15. The summed E-state index contributed by atoms with van der Waals surface area (Å²) in [5, 5.41) is 6.63. The standard InChI is InChI=1S/C44H52ClN5O8S/c1-9-26-18-44(26,41(54)55-8)19-34(51)33-15-28(20-50(33)40(53)30(43(4,5)6)16-37(52)58-27-13-24-12-25(24)14-27)57-36-17-31(32-21-59-42(49-32)47-23(2)3)48-39-29(36)10-11-35(38(39)45)56-22-46-7/h9-11,17,21,23-28,30,33H,1,12-16,18-20,22H2,2-6,8H3,(H,47,49)/t24-,25+,26-,27?,28-,30-,33+,44-/m1/s1. The third-order valence-corrected chi connectivity index (χ3v) is 13.4. The van der Waals surface area contributed by atoms with E-state index in [0.29, 0.717) is 51.4 Å². The number of Topliss-reactive ketones (excluding diaryl/α,β-unsaturated/α-hetero) is 1. The minimum Gasteiger partial charge on any atom is -0.488 e. The number of carbonyl (C=O) groups excluding carboxylic acids is 4. The number of likely N-dealkylation sites (tertiary alicyclic amines) is 1. The number of anilines is 1. The molecule has 0 spiro atoms. The molecule has 3 saturated carbocycles. The topological polar surface area (TPSA) is 151 Å². The van der Waals surface area contributed by atoms with Gasteiger partial charge >= 0.3 is 18.7 Å². The summed E-state index contributed by atoms with van der Waals surface area (Å²) in [4.78, 5) is 70.3. The summed E-state index contributed by atoms with van der Waals surface area (Å²) < 4.78 is 23.4. The Kier molecular flexibility index (Phi) is 12.0. The second-order valence-corrected chi connectivity index (χ2v) is 19.1. The van der Waals surface area contributed by atoms with Crippen LogP contribution in [0, 0.1) is 41.1 Å². The SMILES string of the molecule is [C-]#[N+]COc1ccc2c(O[C@@H]3C[C@@H](C(=O)C[C@]4(C(=O)OC)C[C@H]4C=C)N(C(=O)[C@@H](CC(=O)OC4C[C@@H]5C[C@@H]5C4)C(C)(C)C)C3)cc(-c3csc(NC(C)C)n3)nc2c1Cl. The predicted molar refractivity (Wildman–Crippen MR) is 224 cm³/mol. The van der Waals surface area contributed by atoms with Gasteiger partial charge in [-0.3, -0.25) is 24.0 Å². The molecule has 59 heavy (non-hydrogen) atoms. The zero-order valence-corrected chi connectivity index (χ0v) is 36.0. The van der Waals surface area contributed by atoms with Gasteiger partial charge in [0.05, 0.1) is 48.7 Å². The van der Waals surface area contributed by atoms with E-state index in [-0.39, 0.29) is 73.1 Å². The van der Waals surface area contributed by atoms with Gasteiger partial charge in [0.1, 0.15) is 34.4 Å². The van der Waals surface area contributed by atoms with Crippen LogP contribution in [-0.2, 0) is 28.7 Å². The molecule has 2 aromatic heterocycles. The fourth-order valence-corrected chi connectivity index (χ4v) is 9.98. The fraction of sp³-hybridized carbons (Fsp3) is 0.568. The lowest BCUT2D eigenvalue weighted by atomic mass is 9.77. The highest BCUT2D eigenvalue weighted by molar-refractivity contribution is 7.14. The van der Waals surface area contributed by atoms with Gasteiger partial charge < -0.3 is 29.2 Å². The first-order valence-electron chi connectivity index (χ1n) is 20.3. The minimum absolute atomic E-state index is 0.0389. The number of benzene rings is 1. The third kappa shape index (κ3) is 8.92. The molecule has 1 saturated heterocycles. The number of methoxy groups -OCH3 is 1. The van der Waals surface area contributed by atoms with Gasteiger partial charge in [0.15, 0.2) is 10.9 Å². The molecule has 3 aliphatic carbocycles. The van der Waals surface area contributed by atoms with E-state index in [1.165, 1.54) is 29.8 Å². The second kappa shape index (κ2) is 16.7. The fourth-order valence-electron chi connectivity index (χ4n) is 8.87. The van der Waals surface area contributed by atoms with E-state index in [4.69, 9.17) is 47.1 Å². The Hall–Kier alpha value is -4.74. The van der Waals surface area contributed by atoms with Gasteiger partial charge in [-0.2, -0.15) is 0 Å². The molecule has 1 N–H and O–H groups in total. The minimum atomic E-state index is -1.05. The number of hydrogen-bond donors (Lipinski definition) is 1. The van der Waals surface area contributed by atoms with Crippen LogP contribution in [-0.4, -0.2) is 83.2 Å². The van der Waals surface area contributed by atoms with Crippen molar-refractivity contribution in [3.8, 4) is 22.9 Å². The van der Waals surface area contributed by atoms with E-state index in [2.05, 4.69) is 16.7 Å². The average Bonchev–Trinajstić information content (AvgIpc) is 3.85. The van der Waals surface area contributed by atoms with Gasteiger partial charge in [0.25, 0.3) is 0 Å². The van der Waals surface area contributed by atoms with Crippen LogP contribution in [0.5, 0.6) is 11.5 Å². The van der Waals surface area contributed by atoms with Crippen LogP contribution in [0.3, 0.4) is 0 Å². The second-order valence-electron chi connectivity index (χ2n) is 17.8. The highest BCUT2D eigenvalue weighted by Crippen LogP contribution is 2.57. The summed E-state index contributed by atoms with van der Waals surface area (Å²) in [6.45, 7) is 20.6. The highest BCUT2D eigenvalue weighted by atomic mass is 35.5. The van der Waals surface area contributed by atoms with E-state index >= 15 is 0 Å². The molecule has 4 aliphatic rings. The van der Waals surface area contributed by atoms with E-state index in [1.807, 2.05) is 40.0 Å². The summed E-state index contributed by atoms with van der Waals surface area (Å²) in [6.07, 6.45) is 4.08. The molecule has 1 amide bonds. The maximum Gasteiger partial charge on any atom is 0.357 e. The number of rotatable bonds is 16.